The molecule has 0 radical (unpaired) electrons. The Balaban J connectivity index is 1.69. The van der Waals surface area contributed by atoms with Crippen molar-refractivity contribution in [3.8, 4) is 17.1 Å². The van der Waals surface area contributed by atoms with Crippen LogP contribution in [-0.2, 0) is 0 Å². The van der Waals surface area contributed by atoms with E-state index in [4.69, 9.17) is 26.3 Å². The molecule has 1 aliphatic rings. The Morgan fingerprint density at radius 3 is 2.73 bits per heavy atom. The zero-order chi connectivity index (χ0) is 21.0. The van der Waals surface area contributed by atoms with Crippen LogP contribution in [-0.4, -0.2) is 36.7 Å². The summed E-state index contributed by atoms with van der Waals surface area (Å²) in [6, 6.07) is 9.55. The number of hydrogen-bond donors (Lipinski definition) is 1. The molecule has 1 fully saturated rings. The molecule has 0 atom stereocenters. The number of hydrogen-bond acceptors (Lipinski definition) is 5. The maximum Gasteiger partial charge on any atom is 0.165 e. The highest BCUT2D eigenvalue weighted by atomic mass is 35.5. The van der Waals surface area contributed by atoms with Crippen LogP contribution in [0.2, 0.25) is 5.02 Å². The first-order chi connectivity index (χ1) is 14.3. The Morgan fingerprint density at radius 2 is 2.00 bits per heavy atom. The quantitative estimate of drug-likeness (QED) is 0.493. The Labute approximate surface area is 179 Å². The number of pyridine rings is 1. The number of aryl methyl sites for hydroxylation is 1. The van der Waals surface area contributed by atoms with Gasteiger partial charge in [-0.2, -0.15) is 0 Å². The van der Waals surface area contributed by atoms with E-state index in [2.05, 4.69) is 11.1 Å². The highest BCUT2D eigenvalue weighted by molar-refractivity contribution is 6.33. The van der Waals surface area contributed by atoms with Crippen molar-refractivity contribution in [1.29, 1.82) is 0 Å². The topological polar surface area (TPSA) is 72.5 Å². The van der Waals surface area contributed by atoms with Crippen LogP contribution in [0.15, 0.2) is 36.5 Å². The van der Waals surface area contributed by atoms with Crippen LogP contribution in [0, 0.1) is 6.92 Å². The molecule has 0 unspecified atom stereocenters. The third-order valence-electron chi connectivity index (χ3n) is 5.27. The fourth-order valence-electron chi connectivity index (χ4n) is 3.59. The van der Waals surface area contributed by atoms with Gasteiger partial charge < -0.3 is 9.84 Å². The third-order valence-corrected chi connectivity index (χ3v) is 5.60. The van der Waals surface area contributed by atoms with Gasteiger partial charge in [0.2, 0.25) is 0 Å². The van der Waals surface area contributed by atoms with Gasteiger partial charge in [-0.05, 0) is 63.9 Å². The number of imidazole rings is 1. The smallest absolute Gasteiger partial charge is 0.165 e. The second-order valence-electron chi connectivity index (χ2n) is 8.60. The Bertz CT molecular complexity index is 1270. The highest BCUT2D eigenvalue weighted by Gasteiger charge is 2.26. The van der Waals surface area contributed by atoms with Crippen molar-refractivity contribution in [2.75, 3.05) is 6.61 Å². The van der Waals surface area contributed by atoms with E-state index in [1.165, 1.54) is 12.8 Å². The fraction of sp³-hybridized carbons (Fsp3) is 0.348. The van der Waals surface area contributed by atoms with E-state index in [0.717, 1.165) is 33.6 Å². The van der Waals surface area contributed by atoms with E-state index in [1.807, 2.05) is 29.7 Å². The van der Waals surface area contributed by atoms with Gasteiger partial charge in [0.25, 0.3) is 0 Å². The van der Waals surface area contributed by atoms with E-state index in [-0.39, 0.29) is 6.61 Å². The number of nitrogens with zero attached hydrogens (tertiary/aromatic N) is 4. The molecule has 0 bridgehead atoms. The predicted molar refractivity (Wildman–Crippen MR) is 117 cm³/mol. The number of rotatable bonds is 5. The minimum atomic E-state index is -0.929. The van der Waals surface area contributed by atoms with Crippen LogP contribution < -0.4 is 4.74 Å². The summed E-state index contributed by atoms with van der Waals surface area (Å²) in [4.78, 5) is 14.3. The Morgan fingerprint density at radius 1 is 1.20 bits per heavy atom. The van der Waals surface area contributed by atoms with Gasteiger partial charge in [-0.25, -0.2) is 15.0 Å². The van der Waals surface area contributed by atoms with Crippen molar-refractivity contribution in [2.45, 2.75) is 45.1 Å². The van der Waals surface area contributed by atoms with Gasteiger partial charge in [0.15, 0.2) is 5.65 Å². The van der Waals surface area contributed by atoms with Gasteiger partial charge in [-0.3, -0.25) is 4.40 Å². The van der Waals surface area contributed by atoms with Gasteiger partial charge >= 0.3 is 0 Å². The van der Waals surface area contributed by atoms with Gasteiger partial charge in [-0.1, -0.05) is 11.6 Å². The van der Waals surface area contributed by atoms with E-state index < -0.39 is 5.60 Å². The van der Waals surface area contributed by atoms with Crippen molar-refractivity contribution in [3.63, 3.8) is 0 Å². The minimum Gasteiger partial charge on any atom is -0.491 e. The molecular formula is C23H23ClN4O2. The lowest BCUT2D eigenvalue weighted by Gasteiger charge is -2.18. The summed E-state index contributed by atoms with van der Waals surface area (Å²) < 4.78 is 7.80. The molecule has 7 heteroatoms. The number of aromatic nitrogens is 4. The summed E-state index contributed by atoms with van der Waals surface area (Å²) in [5.74, 6) is 1.86. The van der Waals surface area contributed by atoms with Crippen LogP contribution in [0.4, 0.5) is 0 Å². The molecule has 3 aromatic heterocycles. The molecule has 5 rings (SSSR count). The van der Waals surface area contributed by atoms with Gasteiger partial charge in [0.1, 0.15) is 23.7 Å². The summed E-state index contributed by atoms with van der Waals surface area (Å²) in [7, 11) is 0. The first-order valence-corrected chi connectivity index (χ1v) is 10.5. The average molecular weight is 423 g/mol. The van der Waals surface area contributed by atoms with Gasteiger partial charge in [0.05, 0.1) is 28.0 Å². The zero-order valence-corrected chi connectivity index (χ0v) is 17.9. The average Bonchev–Trinajstić information content (AvgIpc) is 3.45. The van der Waals surface area contributed by atoms with E-state index in [0.29, 0.717) is 22.5 Å². The summed E-state index contributed by atoms with van der Waals surface area (Å²) in [6.45, 7) is 5.56. The second-order valence-corrected chi connectivity index (χ2v) is 9.00. The molecule has 1 aliphatic carbocycles. The summed E-state index contributed by atoms with van der Waals surface area (Å²) >= 11 is 6.57. The van der Waals surface area contributed by atoms with Crippen LogP contribution in [0.25, 0.3) is 28.1 Å². The lowest BCUT2D eigenvalue weighted by atomic mass is 10.1. The lowest BCUT2D eigenvalue weighted by Crippen LogP contribution is -2.27. The number of fused-ring (bicyclic) bond motifs is 3. The van der Waals surface area contributed by atoms with Crippen molar-refractivity contribution in [1.82, 2.24) is 19.4 Å². The Kier molecular flexibility index (Phi) is 4.45. The zero-order valence-electron chi connectivity index (χ0n) is 17.2. The molecule has 1 N–H and O–H groups in total. The lowest BCUT2D eigenvalue weighted by molar-refractivity contribution is 0.0285. The molecule has 154 valence electrons. The van der Waals surface area contributed by atoms with Crippen LogP contribution in [0.1, 0.15) is 44.0 Å². The Hall–Kier alpha value is -2.70. The van der Waals surface area contributed by atoms with Gasteiger partial charge in [-0.15, -0.1) is 0 Å². The first-order valence-electron chi connectivity index (χ1n) is 10.1. The van der Waals surface area contributed by atoms with Crippen molar-refractivity contribution in [2.24, 2.45) is 0 Å². The maximum absolute atomic E-state index is 9.97. The molecular weight excluding hydrogens is 400 g/mol. The van der Waals surface area contributed by atoms with Crippen molar-refractivity contribution >= 4 is 28.3 Å². The summed E-state index contributed by atoms with van der Waals surface area (Å²) in [5.41, 5.74) is 4.31. The van der Waals surface area contributed by atoms with Crippen molar-refractivity contribution in [3.05, 3.63) is 52.9 Å². The number of halogens is 1. The molecule has 6 nitrogen and oxygen atoms in total. The predicted octanol–water partition coefficient (Wildman–Crippen LogP) is 4.93. The third kappa shape index (κ3) is 3.50. The van der Waals surface area contributed by atoms with Crippen LogP contribution in [0.5, 0.6) is 5.75 Å². The fourth-order valence-corrected chi connectivity index (χ4v) is 3.79. The second kappa shape index (κ2) is 6.93. The summed E-state index contributed by atoms with van der Waals surface area (Å²) in [6.07, 6.45) is 4.18. The maximum atomic E-state index is 9.97. The van der Waals surface area contributed by atoms with Crippen LogP contribution in [0.3, 0.4) is 0 Å². The number of benzene rings is 1. The van der Waals surface area contributed by atoms with Gasteiger partial charge in [0, 0.05) is 17.2 Å². The summed E-state index contributed by atoms with van der Waals surface area (Å²) in [5, 5.41) is 10.5. The number of ether oxygens (including phenoxy) is 1. The molecule has 0 amide bonds. The SMILES string of the molecule is Cc1nc2ccc(C3CC3)nc2n2c(-c3cc(OCC(C)(C)O)ccc3Cl)ncc12. The molecule has 30 heavy (non-hydrogen) atoms. The van der Waals surface area contributed by atoms with E-state index in [1.54, 1.807) is 26.0 Å². The molecule has 3 heterocycles. The molecule has 0 saturated heterocycles. The normalized spacial score (nSPS) is 14.6. The standard InChI is InChI=1S/C23H23ClN4O2/c1-13-20-11-25-21(16-10-15(6-7-17(16)24)30-12-23(2,3)29)28(20)22-19(26-13)9-8-18(27-22)14-4-5-14/h6-11,14,29H,4-5,12H2,1-3H3. The first kappa shape index (κ1) is 19.3. The molecule has 1 aromatic carbocycles. The van der Waals surface area contributed by atoms with Crippen molar-refractivity contribution < 1.29 is 9.84 Å². The van der Waals surface area contributed by atoms with Crippen LogP contribution >= 0.6 is 11.6 Å². The monoisotopic (exact) mass is 422 g/mol. The van der Waals surface area contributed by atoms with E-state index in [9.17, 15) is 5.11 Å². The molecule has 0 aliphatic heterocycles. The molecule has 1 saturated carbocycles. The molecule has 0 spiro atoms. The van der Waals surface area contributed by atoms with E-state index >= 15 is 0 Å². The number of aliphatic hydroxyl groups is 1. The largest absolute Gasteiger partial charge is 0.491 e. The highest BCUT2D eigenvalue weighted by Crippen LogP contribution is 2.40. The molecule has 4 aromatic rings. The minimum absolute atomic E-state index is 0.175.